The van der Waals surface area contributed by atoms with Gasteiger partial charge in [-0.15, -0.1) is 0 Å². The van der Waals surface area contributed by atoms with Crippen LogP contribution in [0.25, 0.3) is 0 Å². The molecule has 120 valence electrons. The topological polar surface area (TPSA) is 0 Å². The van der Waals surface area contributed by atoms with Gasteiger partial charge in [-0.25, -0.2) is 0 Å². The summed E-state index contributed by atoms with van der Waals surface area (Å²) < 4.78 is 0. The summed E-state index contributed by atoms with van der Waals surface area (Å²) in [6, 6.07) is 0. The van der Waals surface area contributed by atoms with Gasteiger partial charge in [-0.1, -0.05) is 113 Å². The second-order valence-corrected chi connectivity index (χ2v) is 5.93. The first-order valence-corrected chi connectivity index (χ1v) is 9.03. The third kappa shape index (κ3) is 32.0. The molecule has 0 bridgehead atoms. The van der Waals surface area contributed by atoms with Crippen LogP contribution in [0.5, 0.6) is 0 Å². The molecule has 0 saturated carbocycles. The lowest BCUT2D eigenvalue weighted by atomic mass is 10.0. The Kier molecular flexibility index (Phi) is 29.3. The molecule has 0 aliphatic rings. The van der Waals surface area contributed by atoms with Crippen LogP contribution in [0.2, 0.25) is 0 Å². The van der Waals surface area contributed by atoms with Crippen LogP contribution < -0.4 is 0 Å². The molecule has 0 fully saturated rings. The van der Waals surface area contributed by atoms with Gasteiger partial charge in [0.15, 0.2) is 0 Å². The average molecular weight is 273 g/mol. The van der Waals surface area contributed by atoms with Crippen LogP contribution >= 0.6 is 0 Å². The Morgan fingerprint density at radius 2 is 0.947 bits per heavy atom. The highest BCUT2D eigenvalue weighted by Crippen LogP contribution is 2.11. The van der Waals surface area contributed by atoms with Crippen LogP contribution in [0.4, 0.5) is 0 Å². The Balaban J connectivity index is -0.000000222. The van der Waals surface area contributed by atoms with Crippen molar-refractivity contribution in [1.82, 2.24) is 0 Å². The highest BCUT2D eigenvalue weighted by Gasteiger charge is 1.95. The molecule has 0 radical (unpaired) electrons. The minimum absolute atomic E-state index is 0.935. The first kappa shape index (κ1) is 24.0. The molecule has 0 aliphatic heterocycles. The molecule has 0 heteroatoms. The normalized spacial score (nSPS) is 11.2. The molecule has 0 aromatic carbocycles. The smallest absolute Gasteiger partial charge is 0.0445 e. The van der Waals surface area contributed by atoms with Crippen LogP contribution in [-0.2, 0) is 0 Å². The standard InChI is InChI=1S/C9H20.C6H14.C4H10/c1-4-6-7-8-9(3)5-2;1-4-6(3)5-2;1-3-4-2/h9H,4-8H2,1-3H3;6H,4-5H2,1-3H3;3-4H2,1-2H3. The molecule has 0 rings (SSSR count). The molecule has 0 N–H and O–H groups in total. The molecule has 0 heterocycles. The lowest BCUT2D eigenvalue weighted by molar-refractivity contribution is 0.482. The third-order valence-corrected chi connectivity index (χ3v) is 3.89. The van der Waals surface area contributed by atoms with Crippen LogP contribution in [0.1, 0.15) is 113 Å². The van der Waals surface area contributed by atoms with Crippen molar-refractivity contribution in [3.8, 4) is 0 Å². The lowest BCUT2D eigenvalue weighted by Gasteiger charge is -2.05. The first-order chi connectivity index (χ1) is 9.03. The lowest BCUT2D eigenvalue weighted by Crippen LogP contribution is -1.90. The first-order valence-electron chi connectivity index (χ1n) is 9.03. The van der Waals surface area contributed by atoms with Gasteiger partial charge in [-0.2, -0.15) is 0 Å². The zero-order chi connectivity index (χ0) is 15.5. The molecule has 19 heavy (non-hydrogen) atoms. The Morgan fingerprint density at radius 3 is 1.16 bits per heavy atom. The summed E-state index contributed by atoms with van der Waals surface area (Å²) in [7, 11) is 0. The fraction of sp³-hybridized carbons (Fsp3) is 1.00. The van der Waals surface area contributed by atoms with Crippen LogP contribution in [0.15, 0.2) is 0 Å². The van der Waals surface area contributed by atoms with Gasteiger partial charge in [-0.3, -0.25) is 0 Å². The Bertz CT molecular complexity index is 111. The second kappa shape index (κ2) is 23.1. The Hall–Kier alpha value is 0. The molecular weight excluding hydrogens is 228 g/mol. The molecule has 0 aromatic heterocycles. The van der Waals surface area contributed by atoms with Gasteiger partial charge < -0.3 is 0 Å². The van der Waals surface area contributed by atoms with E-state index in [2.05, 4.69) is 55.4 Å². The molecule has 0 amide bonds. The Labute approximate surface area is 125 Å². The molecule has 1 atom stereocenters. The SMILES string of the molecule is CCC(C)CC.CCCC.CCCCCC(C)CC. The quantitative estimate of drug-likeness (QED) is 0.394. The average Bonchev–Trinajstić information content (AvgIpc) is 2.47. The van der Waals surface area contributed by atoms with Gasteiger partial charge in [0.2, 0.25) is 0 Å². The van der Waals surface area contributed by atoms with Crippen molar-refractivity contribution in [3.05, 3.63) is 0 Å². The maximum Gasteiger partial charge on any atom is -0.0445 e. The fourth-order valence-corrected chi connectivity index (χ4v) is 1.24. The van der Waals surface area contributed by atoms with E-state index in [1.807, 2.05) is 0 Å². The zero-order valence-corrected chi connectivity index (χ0v) is 15.5. The predicted molar refractivity (Wildman–Crippen MR) is 93.9 cm³/mol. The fourth-order valence-electron chi connectivity index (χ4n) is 1.24. The summed E-state index contributed by atoms with van der Waals surface area (Å²) in [4.78, 5) is 0. The number of rotatable bonds is 8. The van der Waals surface area contributed by atoms with Gasteiger partial charge in [-0.05, 0) is 11.8 Å². The van der Waals surface area contributed by atoms with Gasteiger partial charge in [0, 0.05) is 0 Å². The van der Waals surface area contributed by atoms with E-state index in [-0.39, 0.29) is 0 Å². The van der Waals surface area contributed by atoms with E-state index < -0.39 is 0 Å². The van der Waals surface area contributed by atoms with Crippen molar-refractivity contribution in [2.45, 2.75) is 113 Å². The number of unbranched alkanes of at least 4 members (excludes halogenated alkanes) is 3. The van der Waals surface area contributed by atoms with Crippen molar-refractivity contribution >= 4 is 0 Å². The molecule has 0 nitrogen and oxygen atoms in total. The maximum absolute atomic E-state index is 2.34. The number of hydrogen-bond acceptors (Lipinski definition) is 0. The summed E-state index contributed by atoms with van der Waals surface area (Å²) >= 11 is 0. The molecular formula is C19H44. The predicted octanol–water partition coefficient (Wildman–Crippen LogP) is 7.86. The summed E-state index contributed by atoms with van der Waals surface area (Å²) in [5.41, 5.74) is 0. The molecule has 0 aromatic rings. The van der Waals surface area contributed by atoms with E-state index in [1.165, 1.54) is 57.8 Å². The van der Waals surface area contributed by atoms with E-state index in [9.17, 15) is 0 Å². The van der Waals surface area contributed by atoms with Gasteiger partial charge in [0.1, 0.15) is 0 Å². The Morgan fingerprint density at radius 1 is 0.526 bits per heavy atom. The van der Waals surface area contributed by atoms with Crippen LogP contribution in [0.3, 0.4) is 0 Å². The van der Waals surface area contributed by atoms with Gasteiger partial charge >= 0.3 is 0 Å². The summed E-state index contributed by atoms with van der Waals surface area (Å²) in [5, 5.41) is 0. The zero-order valence-electron chi connectivity index (χ0n) is 15.5. The van der Waals surface area contributed by atoms with E-state index in [0.717, 1.165) is 11.8 Å². The van der Waals surface area contributed by atoms with Crippen molar-refractivity contribution in [2.24, 2.45) is 11.8 Å². The van der Waals surface area contributed by atoms with Gasteiger partial charge in [0.05, 0.1) is 0 Å². The highest BCUT2D eigenvalue weighted by atomic mass is 14.0. The maximum atomic E-state index is 2.34. The van der Waals surface area contributed by atoms with Crippen molar-refractivity contribution in [1.29, 1.82) is 0 Å². The summed E-state index contributed by atoms with van der Waals surface area (Å²) in [5.74, 6) is 1.89. The number of hydrogen-bond donors (Lipinski definition) is 0. The van der Waals surface area contributed by atoms with E-state index in [0.29, 0.717) is 0 Å². The minimum atomic E-state index is 0.935. The van der Waals surface area contributed by atoms with Crippen LogP contribution in [-0.4, -0.2) is 0 Å². The van der Waals surface area contributed by atoms with Crippen molar-refractivity contribution in [2.75, 3.05) is 0 Å². The minimum Gasteiger partial charge on any atom is -0.0654 e. The third-order valence-electron chi connectivity index (χ3n) is 3.89. The second-order valence-electron chi connectivity index (χ2n) is 5.93. The molecule has 1 unspecified atom stereocenters. The largest absolute Gasteiger partial charge is 0.0654 e. The summed E-state index contributed by atoms with van der Waals surface area (Å²) in [6.45, 7) is 18.0. The van der Waals surface area contributed by atoms with Gasteiger partial charge in [0.25, 0.3) is 0 Å². The van der Waals surface area contributed by atoms with Crippen molar-refractivity contribution in [3.63, 3.8) is 0 Å². The highest BCUT2D eigenvalue weighted by molar-refractivity contribution is 4.49. The molecule has 0 saturated heterocycles. The van der Waals surface area contributed by atoms with E-state index in [4.69, 9.17) is 0 Å². The monoisotopic (exact) mass is 272 g/mol. The van der Waals surface area contributed by atoms with Crippen LogP contribution in [0, 0.1) is 11.8 Å². The molecule has 0 aliphatic carbocycles. The van der Waals surface area contributed by atoms with E-state index in [1.54, 1.807) is 0 Å². The molecule has 0 spiro atoms. The summed E-state index contributed by atoms with van der Waals surface area (Å²) in [6.07, 6.45) is 12.3. The van der Waals surface area contributed by atoms with Crippen molar-refractivity contribution < 1.29 is 0 Å². The van der Waals surface area contributed by atoms with E-state index >= 15 is 0 Å².